The van der Waals surface area contributed by atoms with Crippen LogP contribution in [0, 0.1) is 0 Å². The van der Waals surface area contributed by atoms with Crippen LogP contribution in [-0.2, 0) is 12.0 Å². The van der Waals surface area contributed by atoms with Crippen LogP contribution >= 0.6 is 0 Å². The lowest BCUT2D eigenvalue weighted by atomic mass is 9.87. The molecule has 0 aliphatic heterocycles. The average Bonchev–Trinajstić information content (AvgIpc) is 2.79. The zero-order valence-corrected chi connectivity index (χ0v) is 12.7. The number of aliphatic hydroxyl groups is 1. The number of rotatable bonds is 4. The van der Waals surface area contributed by atoms with Gasteiger partial charge in [0.2, 0.25) is 0 Å². The monoisotopic (exact) mass is 292 g/mol. The summed E-state index contributed by atoms with van der Waals surface area (Å²) in [5, 5.41) is 16.5. The molecule has 0 radical (unpaired) electrons. The molecule has 0 aliphatic rings. The predicted octanol–water partition coefficient (Wildman–Crippen LogP) is 0.727. The van der Waals surface area contributed by atoms with Crippen LogP contribution in [0.1, 0.15) is 26.3 Å². The van der Waals surface area contributed by atoms with Crippen LogP contribution in [0.3, 0.4) is 0 Å². The summed E-state index contributed by atoms with van der Waals surface area (Å²) in [6, 6.07) is 5.65. The summed E-state index contributed by atoms with van der Waals surface area (Å²) in [7, 11) is 1.54. The molecule has 0 fully saturated rings. The van der Waals surface area contributed by atoms with E-state index in [1.165, 1.54) is 4.68 Å². The van der Waals surface area contributed by atoms with Gasteiger partial charge in [-0.1, -0.05) is 26.8 Å². The maximum Gasteiger partial charge on any atom is 0.368 e. The highest BCUT2D eigenvalue weighted by Gasteiger charge is 2.19. The van der Waals surface area contributed by atoms with Crippen LogP contribution in [-0.4, -0.2) is 38.6 Å². The van der Waals surface area contributed by atoms with E-state index in [2.05, 4.69) is 31.2 Å². The third-order valence-corrected chi connectivity index (χ3v) is 3.22. The van der Waals surface area contributed by atoms with Crippen molar-refractivity contribution in [3.63, 3.8) is 0 Å². The first-order chi connectivity index (χ1) is 9.88. The number of ether oxygens (including phenoxy) is 1. The van der Waals surface area contributed by atoms with E-state index in [9.17, 15) is 4.79 Å². The molecule has 114 valence electrons. The van der Waals surface area contributed by atoms with Crippen molar-refractivity contribution in [3.8, 4) is 11.4 Å². The highest BCUT2D eigenvalue weighted by Crippen LogP contribution is 2.29. The molecule has 0 atom stereocenters. The molecule has 2 rings (SSSR count). The molecule has 7 heteroatoms. The van der Waals surface area contributed by atoms with Crippen LogP contribution in [0.2, 0.25) is 0 Å². The van der Waals surface area contributed by atoms with E-state index >= 15 is 0 Å². The summed E-state index contributed by atoms with van der Waals surface area (Å²) in [5.41, 5.74) is 1.13. The molecule has 0 amide bonds. The Hall–Kier alpha value is -2.15. The third kappa shape index (κ3) is 2.97. The van der Waals surface area contributed by atoms with Crippen molar-refractivity contribution in [2.24, 2.45) is 0 Å². The topological polar surface area (TPSA) is 82.2 Å². The Morgan fingerprint density at radius 2 is 2.00 bits per heavy atom. The number of hydrogen-bond acceptors (Lipinski definition) is 5. The Morgan fingerprint density at radius 1 is 1.29 bits per heavy atom. The fraction of sp³-hybridized carbons (Fsp3) is 0.500. The molecule has 0 unspecified atom stereocenters. The predicted molar refractivity (Wildman–Crippen MR) is 78.0 cm³/mol. The molecule has 1 aromatic heterocycles. The van der Waals surface area contributed by atoms with Crippen LogP contribution in [0.15, 0.2) is 23.0 Å². The highest BCUT2D eigenvalue weighted by atomic mass is 16.5. The summed E-state index contributed by atoms with van der Waals surface area (Å²) in [4.78, 5) is 12.2. The zero-order chi connectivity index (χ0) is 15.6. The van der Waals surface area contributed by atoms with E-state index in [4.69, 9.17) is 9.84 Å². The first-order valence-electron chi connectivity index (χ1n) is 6.71. The van der Waals surface area contributed by atoms with Crippen molar-refractivity contribution in [2.75, 3.05) is 13.7 Å². The van der Waals surface area contributed by atoms with Gasteiger partial charge in [0.1, 0.15) is 11.4 Å². The minimum atomic E-state index is -0.409. The summed E-state index contributed by atoms with van der Waals surface area (Å²) in [6.07, 6.45) is 0. The first-order valence-corrected chi connectivity index (χ1v) is 6.71. The van der Waals surface area contributed by atoms with E-state index in [1.54, 1.807) is 7.11 Å². The van der Waals surface area contributed by atoms with Gasteiger partial charge in [0.15, 0.2) is 0 Å². The van der Waals surface area contributed by atoms with Crippen LogP contribution < -0.4 is 10.4 Å². The fourth-order valence-electron chi connectivity index (χ4n) is 1.98. The van der Waals surface area contributed by atoms with Gasteiger partial charge in [-0.05, 0) is 33.5 Å². The minimum Gasteiger partial charge on any atom is -0.494 e. The largest absolute Gasteiger partial charge is 0.494 e. The second kappa shape index (κ2) is 5.69. The molecule has 2 aromatic rings. The molecule has 0 saturated heterocycles. The summed E-state index contributed by atoms with van der Waals surface area (Å²) in [6.45, 7) is 6.20. The van der Waals surface area contributed by atoms with Crippen LogP contribution in [0.25, 0.3) is 5.69 Å². The smallest absolute Gasteiger partial charge is 0.368 e. The number of aliphatic hydroxyl groups excluding tert-OH is 1. The second-order valence-corrected chi connectivity index (χ2v) is 5.76. The standard InChI is InChI=1S/C14H20N4O3/c1-14(2,3)10-5-6-12(21-4)11(9-10)18-13(20)17(7-8-19)15-16-18/h5-6,9,19H,7-8H2,1-4H3. The van der Waals surface area contributed by atoms with Crippen LogP contribution in [0.5, 0.6) is 5.75 Å². The van der Waals surface area contributed by atoms with Crippen molar-refractivity contribution in [1.82, 2.24) is 19.8 Å². The molecular formula is C14H20N4O3. The Bertz CT molecular complexity index is 682. The highest BCUT2D eigenvalue weighted by molar-refractivity contribution is 5.49. The number of nitrogens with zero attached hydrogens (tertiary/aromatic N) is 4. The van der Waals surface area contributed by atoms with E-state index in [1.807, 2.05) is 18.2 Å². The van der Waals surface area contributed by atoms with E-state index < -0.39 is 5.69 Å². The van der Waals surface area contributed by atoms with Gasteiger partial charge in [-0.25, -0.2) is 4.79 Å². The molecule has 7 nitrogen and oxygen atoms in total. The molecule has 1 heterocycles. The van der Waals surface area contributed by atoms with Gasteiger partial charge in [0.25, 0.3) is 0 Å². The molecule has 1 N–H and O–H groups in total. The van der Waals surface area contributed by atoms with Crippen molar-refractivity contribution in [1.29, 1.82) is 0 Å². The molecule has 0 saturated carbocycles. The Labute approximate surface area is 122 Å². The third-order valence-electron chi connectivity index (χ3n) is 3.22. The van der Waals surface area contributed by atoms with Gasteiger partial charge in [0, 0.05) is 0 Å². The lowest BCUT2D eigenvalue weighted by Gasteiger charge is -2.20. The maximum atomic E-state index is 12.2. The molecule has 1 aromatic carbocycles. The Kier molecular flexibility index (Phi) is 4.13. The Morgan fingerprint density at radius 3 is 2.57 bits per heavy atom. The minimum absolute atomic E-state index is 0.0638. The fourth-order valence-corrected chi connectivity index (χ4v) is 1.98. The molecule has 0 aliphatic carbocycles. The molecular weight excluding hydrogens is 272 g/mol. The molecule has 21 heavy (non-hydrogen) atoms. The number of hydrogen-bond donors (Lipinski definition) is 1. The van der Waals surface area contributed by atoms with E-state index in [0.717, 1.165) is 10.2 Å². The lowest BCUT2D eigenvalue weighted by Crippen LogP contribution is -2.26. The van der Waals surface area contributed by atoms with Gasteiger partial charge in [-0.2, -0.15) is 9.36 Å². The van der Waals surface area contributed by atoms with Crippen LogP contribution in [0.4, 0.5) is 0 Å². The van der Waals surface area contributed by atoms with Gasteiger partial charge in [-0.15, -0.1) is 0 Å². The van der Waals surface area contributed by atoms with Gasteiger partial charge in [0.05, 0.1) is 20.3 Å². The van der Waals surface area contributed by atoms with E-state index in [-0.39, 0.29) is 18.6 Å². The van der Waals surface area contributed by atoms with E-state index in [0.29, 0.717) is 11.4 Å². The maximum absolute atomic E-state index is 12.2. The van der Waals surface area contributed by atoms with Gasteiger partial charge >= 0.3 is 5.69 Å². The zero-order valence-electron chi connectivity index (χ0n) is 12.7. The summed E-state index contributed by atoms with van der Waals surface area (Å²) in [5.74, 6) is 0.543. The van der Waals surface area contributed by atoms with Crippen molar-refractivity contribution in [3.05, 3.63) is 34.2 Å². The lowest BCUT2D eigenvalue weighted by molar-refractivity contribution is 0.266. The quantitative estimate of drug-likeness (QED) is 0.898. The Balaban J connectivity index is 2.59. The SMILES string of the molecule is COc1ccc(C(C)(C)C)cc1-n1nnn(CCO)c1=O. The number of benzene rings is 1. The van der Waals surface area contributed by atoms with Gasteiger partial charge in [-0.3, -0.25) is 0 Å². The van der Waals surface area contributed by atoms with Crippen molar-refractivity contribution in [2.45, 2.75) is 32.7 Å². The summed E-state index contributed by atoms with van der Waals surface area (Å²) < 4.78 is 7.60. The normalized spacial score (nSPS) is 11.7. The summed E-state index contributed by atoms with van der Waals surface area (Å²) >= 11 is 0. The second-order valence-electron chi connectivity index (χ2n) is 5.76. The molecule has 0 spiro atoms. The number of methoxy groups -OCH3 is 1. The van der Waals surface area contributed by atoms with Gasteiger partial charge < -0.3 is 9.84 Å². The number of tetrazole rings is 1. The first kappa shape index (κ1) is 15.2. The number of aromatic nitrogens is 4. The van der Waals surface area contributed by atoms with Crippen molar-refractivity contribution >= 4 is 0 Å². The van der Waals surface area contributed by atoms with Crippen molar-refractivity contribution < 1.29 is 9.84 Å². The average molecular weight is 292 g/mol. The molecule has 0 bridgehead atoms.